The number of aliphatic hydroxyl groups is 1. The van der Waals surface area contributed by atoms with Gasteiger partial charge in [-0.15, -0.1) is 6.42 Å². The van der Waals surface area contributed by atoms with E-state index in [0.29, 0.717) is 80.0 Å². The zero-order chi connectivity index (χ0) is 29.9. The van der Waals surface area contributed by atoms with Gasteiger partial charge in [0.15, 0.2) is 5.82 Å². The molecule has 3 aromatic rings. The first kappa shape index (κ1) is 30.1. The number of alkyl halides is 2. The Hall–Kier alpha value is -3.33. The van der Waals surface area contributed by atoms with Crippen LogP contribution >= 0.6 is 0 Å². The number of fused-ring (bicyclic) bond motifs is 1. The number of nitrogens with one attached hydrogen (secondary N) is 1. The number of aromatic nitrogens is 4. The van der Waals surface area contributed by atoms with Crippen molar-refractivity contribution < 1.29 is 18.6 Å². The quantitative estimate of drug-likeness (QED) is 0.335. The zero-order valence-electron chi connectivity index (χ0n) is 24.6. The van der Waals surface area contributed by atoms with E-state index in [4.69, 9.17) is 21.1 Å². The van der Waals surface area contributed by atoms with E-state index < -0.39 is 12.0 Å². The number of nitrogens with zero attached hydrogens (tertiary/aromatic N) is 6. The van der Waals surface area contributed by atoms with Crippen LogP contribution in [0.25, 0.3) is 16.9 Å². The summed E-state index contributed by atoms with van der Waals surface area (Å²) < 4.78 is 35.3. The van der Waals surface area contributed by atoms with E-state index in [1.54, 1.807) is 24.3 Å². The van der Waals surface area contributed by atoms with Gasteiger partial charge in [0.1, 0.15) is 11.6 Å². The second-order valence-electron chi connectivity index (χ2n) is 11.9. The number of rotatable bonds is 10. The lowest BCUT2D eigenvalue weighted by Crippen LogP contribution is -2.53. The molecule has 2 N–H and O–H groups in total. The summed E-state index contributed by atoms with van der Waals surface area (Å²) in [6, 6.07) is 9.11. The first-order valence-electron chi connectivity index (χ1n) is 14.8. The van der Waals surface area contributed by atoms with E-state index >= 15 is 0 Å². The number of hydrogen-bond acceptors (Lipinski definition) is 8. The Labute approximate surface area is 246 Å². The topological polar surface area (TPSA) is 91.6 Å². The van der Waals surface area contributed by atoms with Gasteiger partial charge in [-0.2, -0.15) is 9.97 Å². The first-order chi connectivity index (χ1) is 20.2. The Bertz CT molecular complexity index is 1390. The normalized spacial score (nSPS) is 20.7. The number of morpholine rings is 1. The highest BCUT2D eigenvalue weighted by Crippen LogP contribution is 2.32. The molecule has 1 aliphatic carbocycles. The van der Waals surface area contributed by atoms with Crippen LogP contribution in [0.4, 0.5) is 20.5 Å². The maximum Gasteiger partial charge on any atom is 0.296 e. The molecule has 11 heteroatoms. The highest BCUT2D eigenvalue weighted by atomic mass is 19.3. The summed E-state index contributed by atoms with van der Waals surface area (Å²) in [4.78, 5) is 18.1. The van der Waals surface area contributed by atoms with Crippen molar-refractivity contribution in [3.8, 4) is 18.2 Å². The third kappa shape index (κ3) is 6.66. The van der Waals surface area contributed by atoms with Crippen molar-refractivity contribution in [1.82, 2.24) is 24.4 Å². The van der Waals surface area contributed by atoms with Gasteiger partial charge in [-0.3, -0.25) is 9.47 Å². The van der Waals surface area contributed by atoms with Crippen LogP contribution in [0.2, 0.25) is 0 Å². The Kier molecular flexibility index (Phi) is 9.25. The highest BCUT2D eigenvalue weighted by molar-refractivity contribution is 5.78. The van der Waals surface area contributed by atoms with E-state index in [1.165, 1.54) is 4.57 Å². The molecule has 226 valence electrons. The van der Waals surface area contributed by atoms with Gasteiger partial charge in [-0.1, -0.05) is 18.1 Å². The fourth-order valence-corrected chi connectivity index (χ4v) is 6.01. The molecule has 0 radical (unpaired) electrons. The molecule has 1 unspecified atom stereocenters. The van der Waals surface area contributed by atoms with Gasteiger partial charge < -0.3 is 20.1 Å². The molecular formula is C31H41F2N7O2. The van der Waals surface area contributed by atoms with Gasteiger partial charge in [-0.05, 0) is 64.5 Å². The van der Waals surface area contributed by atoms with Crippen LogP contribution in [-0.2, 0) is 4.74 Å². The molecule has 2 fully saturated rings. The molecule has 5 rings (SSSR count). The molecule has 42 heavy (non-hydrogen) atoms. The first-order valence-corrected chi connectivity index (χ1v) is 14.8. The fourth-order valence-electron chi connectivity index (χ4n) is 6.01. The Morgan fingerprint density at radius 2 is 1.81 bits per heavy atom. The van der Waals surface area contributed by atoms with Gasteiger partial charge in [-0.25, -0.2) is 13.8 Å². The Balaban J connectivity index is 1.36. The number of hydrogen-bond donors (Lipinski definition) is 2. The molecule has 2 aliphatic rings. The van der Waals surface area contributed by atoms with E-state index in [-0.39, 0.29) is 11.9 Å². The van der Waals surface area contributed by atoms with Gasteiger partial charge in [0.2, 0.25) is 5.95 Å². The second-order valence-corrected chi connectivity index (χ2v) is 11.9. The summed E-state index contributed by atoms with van der Waals surface area (Å²) in [5.74, 6) is 4.24. The van der Waals surface area contributed by atoms with Crippen molar-refractivity contribution >= 4 is 22.8 Å². The number of ether oxygens (including phenoxy) is 1. The molecular weight excluding hydrogens is 540 g/mol. The van der Waals surface area contributed by atoms with Crippen LogP contribution < -0.4 is 10.2 Å². The second kappa shape index (κ2) is 12.9. The van der Waals surface area contributed by atoms with Crippen LogP contribution in [0.3, 0.4) is 0 Å². The lowest BCUT2D eigenvalue weighted by Gasteiger charge is -2.43. The lowest BCUT2D eigenvalue weighted by atomic mass is 9.83. The maximum atomic E-state index is 14.2. The summed E-state index contributed by atoms with van der Waals surface area (Å²) in [6.45, 7) is 9.32. The third-order valence-corrected chi connectivity index (χ3v) is 8.67. The molecule has 1 aliphatic heterocycles. The SMILES string of the molecule is C#CCN(C(C)C(C)(C)O)[C@H]1CC[C@H](CNc2nc(N3CCOCC3)cc(-n3c(C(F)F)nc4ccccc43)n2)CC1. The molecule has 3 heterocycles. The average molecular weight is 582 g/mol. The van der Waals surface area contributed by atoms with Crippen molar-refractivity contribution in [1.29, 1.82) is 0 Å². The molecule has 2 aromatic heterocycles. The standard InChI is InChI=1S/C31H41F2N7O2/c1-5-14-39(21(2)31(3,4)41)23-12-10-22(11-13-23)20-34-30-36-26(38-15-17-42-18-16-38)19-27(37-30)40-25-9-7-6-8-24(25)35-29(40)28(32)33/h1,6-9,19,21-23,28,41H,10-18,20H2,2-4H3,(H,34,36,37)/t21?,22-,23-. The van der Waals surface area contributed by atoms with Crippen molar-refractivity contribution in [2.24, 2.45) is 5.92 Å². The molecule has 1 aromatic carbocycles. The highest BCUT2D eigenvalue weighted by Gasteiger charge is 2.34. The number of para-hydroxylation sites is 2. The average Bonchev–Trinajstić information content (AvgIpc) is 3.39. The van der Waals surface area contributed by atoms with Gasteiger partial charge in [0.05, 0.1) is 36.4 Å². The lowest BCUT2D eigenvalue weighted by molar-refractivity contribution is -0.0304. The van der Waals surface area contributed by atoms with Crippen LogP contribution in [0.15, 0.2) is 30.3 Å². The van der Waals surface area contributed by atoms with Crippen LogP contribution in [0.5, 0.6) is 0 Å². The number of benzene rings is 1. The largest absolute Gasteiger partial charge is 0.389 e. The molecule has 0 spiro atoms. The van der Waals surface area contributed by atoms with Crippen LogP contribution in [0, 0.1) is 18.3 Å². The monoisotopic (exact) mass is 581 g/mol. The molecule has 0 amide bonds. The van der Waals surface area contributed by atoms with Crippen molar-refractivity contribution in [3.63, 3.8) is 0 Å². The van der Waals surface area contributed by atoms with E-state index in [1.807, 2.05) is 26.8 Å². The maximum absolute atomic E-state index is 14.2. The van der Waals surface area contributed by atoms with Gasteiger partial charge in [0, 0.05) is 37.8 Å². The molecule has 9 nitrogen and oxygen atoms in total. The number of imidazole rings is 1. The third-order valence-electron chi connectivity index (χ3n) is 8.67. The fraction of sp³-hybridized carbons (Fsp3) is 0.581. The number of halogens is 2. The van der Waals surface area contributed by atoms with Crippen LogP contribution in [-0.4, -0.2) is 86.6 Å². The number of terminal acetylenes is 1. The summed E-state index contributed by atoms with van der Waals surface area (Å²) >= 11 is 0. The zero-order valence-corrected chi connectivity index (χ0v) is 24.6. The van der Waals surface area contributed by atoms with E-state index in [0.717, 1.165) is 25.7 Å². The van der Waals surface area contributed by atoms with Crippen molar-refractivity contribution in [2.45, 2.75) is 70.6 Å². The predicted molar refractivity (Wildman–Crippen MR) is 160 cm³/mol. The van der Waals surface area contributed by atoms with E-state index in [2.05, 4.69) is 26.0 Å². The predicted octanol–water partition coefficient (Wildman–Crippen LogP) is 4.66. The van der Waals surface area contributed by atoms with Crippen LogP contribution in [0.1, 0.15) is 58.7 Å². The summed E-state index contributed by atoms with van der Waals surface area (Å²) in [5.41, 5.74) is 0.212. The minimum absolute atomic E-state index is 0.0552. The Morgan fingerprint density at radius 1 is 1.12 bits per heavy atom. The smallest absolute Gasteiger partial charge is 0.296 e. The molecule has 1 atom stereocenters. The molecule has 0 bridgehead atoms. The number of anilines is 2. The summed E-state index contributed by atoms with van der Waals surface area (Å²) in [6.07, 6.45) is 6.86. The Morgan fingerprint density at radius 3 is 2.48 bits per heavy atom. The minimum atomic E-state index is -2.76. The van der Waals surface area contributed by atoms with Gasteiger partial charge in [0.25, 0.3) is 6.43 Å². The van der Waals surface area contributed by atoms with Gasteiger partial charge >= 0.3 is 0 Å². The van der Waals surface area contributed by atoms with Crippen molar-refractivity contribution in [2.75, 3.05) is 49.6 Å². The van der Waals surface area contributed by atoms with Crippen molar-refractivity contribution in [3.05, 3.63) is 36.2 Å². The molecule has 1 saturated heterocycles. The minimum Gasteiger partial charge on any atom is -0.389 e. The summed E-state index contributed by atoms with van der Waals surface area (Å²) in [5, 5.41) is 14.0. The molecule has 1 saturated carbocycles. The van der Waals surface area contributed by atoms with E-state index in [9.17, 15) is 13.9 Å². The summed E-state index contributed by atoms with van der Waals surface area (Å²) in [7, 11) is 0.